The highest BCUT2D eigenvalue weighted by molar-refractivity contribution is 7.17. The van der Waals surface area contributed by atoms with E-state index in [1.165, 1.54) is 11.3 Å². The van der Waals surface area contributed by atoms with Gasteiger partial charge in [0.15, 0.2) is 0 Å². The second-order valence-corrected chi connectivity index (χ2v) is 9.72. The molecule has 7 heteroatoms. The van der Waals surface area contributed by atoms with E-state index in [0.29, 0.717) is 10.6 Å². The highest BCUT2D eigenvalue weighted by atomic mass is 32.1. The molecule has 0 spiro atoms. The van der Waals surface area contributed by atoms with Crippen LogP contribution in [-0.2, 0) is 17.6 Å². The average Bonchev–Trinajstić information content (AvgIpc) is 2.97. The fourth-order valence-electron chi connectivity index (χ4n) is 4.02. The van der Waals surface area contributed by atoms with Crippen LogP contribution in [0.5, 0.6) is 0 Å². The third-order valence-electron chi connectivity index (χ3n) is 5.90. The van der Waals surface area contributed by atoms with Gasteiger partial charge in [-0.25, -0.2) is 4.79 Å². The van der Waals surface area contributed by atoms with Crippen molar-refractivity contribution in [2.45, 2.75) is 39.2 Å². The molecule has 2 aliphatic rings. The summed E-state index contributed by atoms with van der Waals surface area (Å²) in [4.78, 5) is 27.9. The number of anilines is 2. The van der Waals surface area contributed by atoms with E-state index in [9.17, 15) is 14.7 Å². The Morgan fingerprint density at radius 1 is 1.24 bits per heavy atom. The molecule has 0 saturated carbocycles. The number of fused-ring (bicyclic) bond motifs is 1. The largest absolute Gasteiger partial charge is 0.478 e. The number of methoxy groups -OCH3 is 1. The van der Waals surface area contributed by atoms with Crippen LogP contribution in [0.2, 0.25) is 0 Å². The van der Waals surface area contributed by atoms with Crippen LogP contribution in [0.15, 0.2) is 24.3 Å². The normalized spacial score (nSPS) is 18.1. The summed E-state index contributed by atoms with van der Waals surface area (Å²) in [5, 5.41) is 13.0. The minimum atomic E-state index is -0.974. The third kappa shape index (κ3) is 3.89. The Labute approximate surface area is 174 Å². The van der Waals surface area contributed by atoms with Crippen molar-refractivity contribution < 1.29 is 19.4 Å². The van der Waals surface area contributed by atoms with E-state index < -0.39 is 5.97 Å². The maximum atomic E-state index is 12.8. The molecule has 0 radical (unpaired) electrons. The van der Waals surface area contributed by atoms with Crippen molar-refractivity contribution in [3.8, 4) is 0 Å². The van der Waals surface area contributed by atoms with Crippen LogP contribution in [0.1, 0.15) is 51.4 Å². The number of hydrogen-bond donors (Lipinski definition) is 2. The number of aromatic carboxylic acids is 1. The zero-order chi connectivity index (χ0) is 20.8. The first-order chi connectivity index (χ1) is 13.8. The Hall–Kier alpha value is -2.38. The Kier molecular flexibility index (Phi) is 5.12. The number of thiophene rings is 1. The Balaban J connectivity index is 1.51. The summed E-state index contributed by atoms with van der Waals surface area (Å²) >= 11 is 1.40. The van der Waals surface area contributed by atoms with Crippen molar-refractivity contribution in [1.29, 1.82) is 0 Å². The Morgan fingerprint density at radius 2 is 1.93 bits per heavy atom. The summed E-state index contributed by atoms with van der Waals surface area (Å²) in [6.07, 6.45) is 2.80. The number of benzene rings is 1. The fraction of sp³-hybridized carbons (Fsp3) is 0.455. The molecule has 2 heterocycles. The lowest BCUT2D eigenvalue weighted by Gasteiger charge is -2.40. The first-order valence-corrected chi connectivity index (χ1v) is 10.7. The van der Waals surface area contributed by atoms with Gasteiger partial charge in [-0.15, -0.1) is 11.3 Å². The molecule has 0 bridgehead atoms. The molecule has 0 atom stereocenters. The molecule has 29 heavy (non-hydrogen) atoms. The van der Waals surface area contributed by atoms with Crippen LogP contribution < -0.4 is 10.2 Å². The molecule has 1 fully saturated rings. The van der Waals surface area contributed by atoms with E-state index in [1.807, 2.05) is 12.1 Å². The molecule has 2 N–H and O–H groups in total. The number of rotatable bonds is 5. The molecule has 1 aliphatic carbocycles. The Morgan fingerprint density at radius 3 is 2.55 bits per heavy atom. The zero-order valence-corrected chi connectivity index (χ0v) is 17.8. The van der Waals surface area contributed by atoms with E-state index in [-0.39, 0.29) is 23.0 Å². The van der Waals surface area contributed by atoms with E-state index in [2.05, 4.69) is 24.1 Å². The molecule has 1 aromatic heterocycles. The minimum absolute atomic E-state index is 0.156. The first-order valence-electron chi connectivity index (χ1n) is 9.84. The Bertz CT molecular complexity index is 942. The van der Waals surface area contributed by atoms with Crippen LogP contribution in [0.4, 0.5) is 10.7 Å². The summed E-state index contributed by atoms with van der Waals surface area (Å²) in [5.74, 6) is -1.26. The summed E-state index contributed by atoms with van der Waals surface area (Å²) in [5.41, 5.74) is 2.87. The number of carbonyl (C=O) groups excluding carboxylic acids is 1. The number of ether oxygens (including phenoxy) is 1. The second kappa shape index (κ2) is 7.46. The van der Waals surface area contributed by atoms with Gasteiger partial charge in [-0.05, 0) is 54.5 Å². The monoisotopic (exact) mass is 414 g/mol. The minimum Gasteiger partial charge on any atom is -0.478 e. The topological polar surface area (TPSA) is 78.9 Å². The average molecular weight is 415 g/mol. The van der Waals surface area contributed by atoms with E-state index in [4.69, 9.17) is 4.74 Å². The lowest BCUT2D eigenvalue weighted by Crippen LogP contribution is -2.51. The van der Waals surface area contributed by atoms with E-state index in [0.717, 1.165) is 48.5 Å². The van der Waals surface area contributed by atoms with Crippen molar-refractivity contribution in [2.24, 2.45) is 5.41 Å². The van der Waals surface area contributed by atoms with E-state index in [1.54, 1.807) is 19.2 Å². The zero-order valence-electron chi connectivity index (χ0n) is 16.9. The number of hydrogen-bond acceptors (Lipinski definition) is 5. The molecule has 1 saturated heterocycles. The highest BCUT2D eigenvalue weighted by Crippen LogP contribution is 2.43. The summed E-state index contributed by atoms with van der Waals surface area (Å²) in [7, 11) is 1.71. The summed E-state index contributed by atoms with van der Waals surface area (Å²) in [6, 6.07) is 7.39. The number of carbonyl (C=O) groups is 2. The lowest BCUT2D eigenvalue weighted by molar-refractivity contribution is 0.0696. The molecule has 2 aromatic rings. The standard InChI is InChI=1S/C22H26N2O4S/c1-22(2)9-8-16-17(10-22)29-20(18(16)21(26)27)23-19(25)13-4-6-14(7-5-13)24-11-15(12-24)28-3/h4-7,15H,8-12H2,1-3H3,(H,23,25)(H,26,27). The molecular weight excluding hydrogens is 388 g/mol. The van der Waals surface area contributed by atoms with Crippen LogP contribution in [-0.4, -0.2) is 43.3 Å². The number of carboxylic acid groups (broad SMARTS) is 1. The fourth-order valence-corrected chi connectivity index (χ4v) is 5.51. The van der Waals surface area contributed by atoms with Gasteiger partial charge >= 0.3 is 5.97 Å². The predicted octanol–water partition coefficient (Wildman–Crippen LogP) is 4.05. The molecule has 154 valence electrons. The maximum absolute atomic E-state index is 12.8. The van der Waals surface area contributed by atoms with Gasteiger partial charge in [0.25, 0.3) is 5.91 Å². The first kappa shape index (κ1) is 19.9. The number of amides is 1. The smallest absolute Gasteiger partial charge is 0.339 e. The van der Waals surface area contributed by atoms with Crippen LogP contribution in [0, 0.1) is 5.41 Å². The van der Waals surface area contributed by atoms with Crippen LogP contribution in [0.3, 0.4) is 0 Å². The van der Waals surface area contributed by atoms with Crippen molar-refractivity contribution in [3.63, 3.8) is 0 Å². The van der Waals surface area contributed by atoms with Crippen LogP contribution in [0.25, 0.3) is 0 Å². The summed E-state index contributed by atoms with van der Waals surface area (Å²) in [6.45, 7) is 6.09. The number of nitrogens with zero attached hydrogens (tertiary/aromatic N) is 1. The summed E-state index contributed by atoms with van der Waals surface area (Å²) < 4.78 is 5.29. The van der Waals surface area contributed by atoms with Gasteiger partial charge < -0.3 is 20.1 Å². The predicted molar refractivity (Wildman–Crippen MR) is 114 cm³/mol. The highest BCUT2D eigenvalue weighted by Gasteiger charge is 2.33. The van der Waals surface area contributed by atoms with Gasteiger partial charge in [0.1, 0.15) is 5.00 Å². The maximum Gasteiger partial charge on any atom is 0.339 e. The van der Waals surface area contributed by atoms with Gasteiger partial charge in [0.2, 0.25) is 0 Å². The quantitative estimate of drug-likeness (QED) is 0.772. The molecule has 0 unspecified atom stereocenters. The van der Waals surface area contributed by atoms with Gasteiger partial charge in [-0.1, -0.05) is 13.8 Å². The molecule has 4 rings (SSSR count). The van der Waals surface area contributed by atoms with Crippen LogP contribution >= 0.6 is 11.3 Å². The molecule has 6 nitrogen and oxygen atoms in total. The molecule has 1 amide bonds. The van der Waals surface area contributed by atoms with Crippen molar-refractivity contribution >= 4 is 33.9 Å². The second-order valence-electron chi connectivity index (χ2n) is 8.62. The SMILES string of the molecule is COC1CN(c2ccc(C(=O)Nc3sc4c(c3C(=O)O)CCC(C)(C)C4)cc2)C1. The number of nitrogens with one attached hydrogen (secondary N) is 1. The lowest BCUT2D eigenvalue weighted by atomic mass is 9.77. The third-order valence-corrected chi connectivity index (χ3v) is 7.05. The molecule has 1 aliphatic heterocycles. The van der Waals surface area contributed by atoms with Gasteiger partial charge in [0, 0.05) is 36.3 Å². The number of carboxylic acids is 1. The molecular formula is C22H26N2O4S. The molecule has 1 aromatic carbocycles. The van der Waals surface area contributed by atoms with Gasteiger partial charge in [-0.3, -0.25) is 4.79 Å². The van der Waals surface area contributed by atoms with E-state index >= 15 is 0 Å². The van der Waals surface area contributed by atoms with Crippen molar-refractivity contribution in [1.82, 2.24) is 0 Å². The van der Waals surface area contributed by atoms with Crippen molar-refractivity contribution in [3.05, 3.63) is 45.8 Å². The van der Waals surface area contributed by atoms with Crippen molar-refractivity contribution in [2.75, 3.05) is 30.4 Å². The van der Waals surface area contributed by atoms with Gasteiger partial charge in [0.05, 0.1) is 11.7 Å². The van der Waals surface area contributed by atoms with Gasteiger partial charge in [-0.2, -0.15) is 0 Å².